The van der Waals surface area contributed by atoms with E-state index in [1.807, 2.05) is 31.2 Å². The van der Waals surface area contributed by atoms with Crippen molar-refractivity contribution in [3.8, 4) is 0 Å². The fourth-order valence-electron chi connectivity index (χ4n) is 2.80. The molecule has 126 valence electrons. The molecule has 3 aromatic carbocycles. The van der Waals surface area contributed by atoms with Crippen LogP contribution >= 0.6 is 0 Å². The molecule has 25 heavy (non-hydrogen) atoms. The Balaban J connectivity index is 1.70. The van der Waals surface area contributed by atoms with Crippen LogP contribution < -0.4 is 5.32 Å². The number of aryl methyl sites for hydroxylation is 3. The highest BCUT2D eigenvalue weighted by molar-refractivity contribution is 5.72. The van der Waals surface area contributed by atoms with Gasteiger partial charge in [-0.05, 0) is 48.6 Å². The molecule has 0 fully saturated rings. The van der Waals surface area contributed by atoms with E-state index in [-0.39, 0.29) is 10.6 Å². The third-order valence-corrected chi connectivity index (χ3v) is 4.22. The van der Waals surface area contributed by atoms with Gasteiger partial charge in [0.15, 0.2) is 0 Å². The Labute approximate surface area is 147 Å². The van der Waals surface area contributed by atoms with Gasteiger partial charge in [-0.2, -0.15) is 0 Å². The van der Waals surface area contributed by atoms with Crippen molar-refractivity contribution >= 4 is 17.1 Å². The van der Waals surface area contributed by atoms with E-state index >= 15 is 0 Å². The van der Waals surface area contributed by atoms with Gasteiger partial charge in [0.1, 0.15) is 5.69 Å². The summed E-state index contributed by atoms with van der Waals surface area (Å²) in [4.78, 5) is 10.8. The number of anilines is 2. The quantitative estimate of drug-likeness (QED) is 0.483. The van der Waals surface area contributed by atoms with Crippen molar-refractivity contribution < 1.29 is 4.92 Å². The summed E-state index contributed by atoms with van der Waals surface area (Å²) in [6, 6.07) is 23.5. The van der Waals surface area contributed by atoms with E-state index in [2.05, 4.69) is 41.7 Å². The summed E-state index contributed by atoms with van der Waals surface area (Å²) in [5, 5.41) is 14.4. The predicted molar refractivity (Wildman–Crippen MR) is 101 cm³/mol. The number of nitro benzene ring substituents is 1. The summed E-state index contributed by atoms with van der Waals surface area (Å²) in [5.41, 5.74) is 4.90. The summed E-state index contributed by atoms with van der Waals surface area (Å²) in [6.45, 7) is 1.86. The molecule has 0 heterocycles. The molecule has 0 aromatic heterocycles. The normalized spacial score (nSPS) is 10.4. The summed E-state index contributed by atoms with van der Waals surface area (Å²) in [6.07, 6.45) is 1.96. The molecular formula is C21H20N2O2. The minimum Gasteiger partial charge on any atom is -0.350 e. The largest absolute Gasteiger partial charge is 0.350 e. The Hall–Kier alpha value is -3.14. The molecule has 0 saturated heterocycles. The van der Waals surface area contributed by atoms with Crippen LogP contribution in [0, 0.1) is 17.0 Å². The number of nitrogens with zero attached hydrogens (tertiary/aromatic N) is 1. The maximum absolute atomic E-state index is 11.2. The van der Waals surface area contributed by atoms with Crippen LogP contribution in [0.15, 0.2) is 72.8 Å². The minimum absolute atomic E-state index is 0.0909. The molecule has 0 atom stereocenters. The molecule has 0 unspecified atom stereocenters. The second kappa shape index (κ2) is 7.62. The molecule has 3 rings (SSSR count). The van der Waals surface area contributed by atoms with Gasteiger partial charge >= 0.3 is 0 Å². The molecular weight excluding hydrogens is 312 g/mol. The molecule has 0 aliphatic rings. The van der Waals surface area contributed by atoms with Crippen molar-refractivity contribution in [2.75, 3.05) is 5.32 Å². The molecule has 3 aromatic rings. The summed E-state index contributed by atoms with van der Waals surface area (Å²) in [5.74, 6) is 0. The molecule has 0 aliphatic carbocycles. The Morgan fingerprint density at radius 1 is 0.840 bits per heavy atom. The minimum atomic E-state index is -0.358. The standard InChI is InChI=1S/C21H20N2O2/c1-16-6-5-9-20(23(24)25)21(16)22-19-14-12-18(13-15-19)11-10-17-7-3-2-4-8-17/h2-9,12-15,22H,10-11H2,1H3. The van der Waals surface area contributed by atoms with Crippen LogP contribution in [0.2, 0.25) is 0 Å². The lowest BCUT2D eigenvalue weighted by Crippen LogP contribution is -1.99. The molecule has 0 radical (unpaired) electrons. The first-order valence-electron chi connectivity index (χ1n) is 8.27. The molecule has 0 spiro atoms. The van der Waals surface area contributed by atoms with Gasteiger partial charge in [-0.25, -0.2) is 0 Å². The molecule has 0 aliphatic heterocycles. The first kappa shape index (κ1) is 16.7. The van der Waals surface area contributed by atoms with Gasteiger partial charge in [0.2, 0.25) is 0 Å². The summed E-state index contributed by atoms with van der Waals surface area (Å²) >= 11 is 0. The maximum Gasteiger partial charge on any atom is 0.292 e. The van der Waals surface area contributed by atoms with E-state index in [1.165, 1.54) is 17.2 Å². The molecule has 4 nitrogen and oxygen atoms in total. The van der Waals surface area contributed by atoms with E-state index in [4.69, 9.17) is 0 Å². The van der Waals surface area contributed by atoms with Gasteiger partial charge in [0, 0.05) is 11.8 Å². The van der Waals surface area contributed by atoms with Gasteiger partial charge in [-0.15, -0.1) is 0 Å². The first-order chi connectivity index (χ1) is 12.1. The van der Waals surface area contributed by atoms with Crippen LogP contribution in [0.4, 0.5) is 17.1 Å². The van der Waals surface area contributed by atoms with Crippen molar-refractivity contribution in [2.45, 2.75) is 19.8 Å². The zero-order chi connectivity index (χ0) is 17.6. The number of benzene rings is 3. The van der Waals surface area contributed by atoms with Crippen LogP contribution in [-0.4, -0.2) is 4.92 Å². The zero-order valence-electron chi connectivity index (χ0n) is 14.1. The number of nitrogens with one attached hydrogen (secondary N) is 1. The lowest BCUT2D eigenvalue weighted by Gasteiger charge is -2.11. The van der Waals surface area contributed by atoms with Crippen molar-refractivity contribution in [3.05, 3.63) is 99.6 Å². The zero-order valence-corrected chi connectivity index (χ0v) is 14.1. The molecule has 1 N–H and O–H groups in total. The number of hydrogen-bond acceptors (Lipinski definition) is 3. The maximum atomic E-state index is 11.2. The fourth-order valence-corrected chi connectivity index (χ4v) is 2.80. The Kier molecular flexibility index (Phi) is 5.09. The van der Waals surface area contributed by atoms with Gasteiger partial charge in [0.25, 0.3) is 5.69 Å². The third kappa shape index (κ3) is 4.23. The van der Waals surface area contributed by atoms with Crippen LogP contribution in [0.25, 0.3) is 0 Å². The lowest BCUT2D eigenvalue weighted by atomic mass is 10.0. The van der Waals surface area contributed by atoms with E-state index < -0.39 is 0 Å². The fraction of sp³-hybridized carbons (Fsp3) is 0.143. The van der Waals surface area contributed by atoms with Crippen LogP contribution in [0.5, 0.6) is 0 Å². The molecule has 0 saturated carbocycles. The average molecular weight is 332 g/mol. The Morgan fingerprint density at radius 2 is 1.48 bits per heavy atom. The Morgan fingerprint density at radius 3 is 2.12 bits per heavy atom. The van der Waals surface area contributed by atoms with E-state index in [1.54, 1.807) is 6.07 Å². The van der Waals surface area contributed by atoms with E-state index in [0.717, 1.165) is 24.1 Å². The van der Waals surface area contributed by atoms with Crippen LogP contribution in [-0.2, 0) is 12.8 Å². The van der Waals surface area contributed by atoms with Crippen molar-refractivity contribution in [2.24, 2.45) is 0 Å². The highest BCUT2D eigenvalue weighted by atomic mass is 16.6. The second-order valence-corrected chi connectivity index (χ2v) is 6.03. The topological polar surface area (TPSA) is 55.2 Å². The van der Waals surface area contributed by atoms with E-state index in [0.29, 0.717) is 5.69 Å². The monoisotopic (exact) mass is 332 g/mol. The van der Waals surface area contributed by atoms with Gasteiger partial charge < -0.3 is 5.32 Å². The van der Waals surface area contributed by atoms with E-state index in [9.17, 15) is 10.1 Å². The highest BCUT2D eigenvalue weighted by Gasteiger charge is 2.15. The summed E-state index contributed by atoms with van der Waals surface area (Å²) in [7, 11) is 0. The number of para-hydroxylation sites is 1. The third-order valence-electron chi connectivity index (χ3n) is 4.22. The first-order valence-corrected chi connectivity index (χ1v) is 8.27. The molecule has 0 bridgehead atoms. The van der Waals surface area contributed by atoms with Gasteiger partial charge in [-0.3, -0.25) is 10.1 Å². The van der Waals surface area contributed by atoms with Crippen LogP contribution in [0.1, 0.15) is 16.7 Å². The van der Waals surface area contributed by atoms with Gasteiger partial charge in [-0.1, -0.05) is 54.6 Å². The number of hydrogen-bond donors (Lipinski definition) is 1. The number of rotatable bonds is 6. The highest BCUT2D eigenvalue weighted by Crippen LogP contribution is 2.30. The van der Waals surface area contributed by atoms with Crippen molar-refractivity contribution in [1.82, 2.24) is 0 Å². The smallest absolute Gasteiger partial charge is 0.292 e. The van der Waals surface area contributed by atoms with Crippen LogP contribution in [0.3, 0.4) is 0 Å². The Bertz CT molecular complexity index is 859. The molecule has 0 amide bonds. The SMILES string of the molecule is Cc1cccc([N+](=O)[O-])c1Nc1ccc(CCc2ccccc2)cc1. The summed E-state index contributed by atoms with van der Waals surface area (Å²) < 4.78 is 0. The predicted octanol–water partition coefficient (Wildman–Crippen LogP) is 5.43. The second-order valence-electron chi connectivity index (χ2n) is 6.03. The van der Waals surface area contributed by atoms with Gasteiger partial charge in [0.05, 0.1) is 4.92 Å². The number of nitro groups is 1. The molecule has 4 heteroatoms. The van der Waals surface area contributed by atoms with Crippen molar-refractivity contribution in [1.29, 1.82) is 0 Å². The lowest BCUT2D eigenvalue weighted by molar-refractivity contribution is -0.383. The van der Waals surface area contributed by atoms with Crippen molar-refractivity contribution in [3.63, 3.8) is 0 Å². The average Bonchev–Trinajstić information content (AvgIpc) is 2.63.